The van der Waals surface area contributed by atoms with Gasteiger partial charge in [0.1, 0.15) is 11.8 Å². The van der Waals surface area contributed by atoms with Crippen LogP contribution in [-0.4, -0.2) is 67.5 Å². The average molecular weight is 333 g/mol. The number of carbonyl (C=O) groups is 2. The van der Waals surface area contributed by atoms with Gasteiger partial charge in [-0.1, -0.05) is 12.1 Å². The van der Waals surface area contributed by atoms with Gasteiger partial charge in [0.25, 0.3) is 0 Å². The zero-order valence-electron chi connectivity index (χ0n) is 14.9. The van der Waals surface area contributed by atoms with E-state index in [9.17, 15) is 9.59 Å². The number of benzene rings is 1. The van der Waals surface area contributed by atoms with Crippen LogP contribution in [0.3, 0.4) is 0 Å². The van der Waals surface area contributed by atoms with Gasteiger partial charge in [-0.05, 0) is 31.7 Å². The molecule has 6 heteroatoms. The zero-order chi connectivity index (χ0) is 17.7. The molecule has 1 aromatic rings. The molecule has 0 aliphatic carbocycles. The number of rotatable bonds is 5. The van der Waals surface area contributed by atoms with Gasteiger partial charge in [-0.25, -0.2) is 0 Å². The van der Waals surface area contributed by atoms with E-state index in [0.29, 0.717) is 13.0 Å². The van der Waals surface area contributed by atoms with Crippen LogP contribution in [0.2, 0.25) is 0 Å². The van der Waals surface area contributed by atoms with E-state index in [-0.39, 0.29) is 17.9 Å². The lowest BCUT2D eigenvalue weighted by Gasteiger charge is -2.40. The molecule has 0 aromatic heterocycles. The largest absolute Gasteiger partial charge is 0.497 e. The first kappa shape index (κ1) is 18.3. The van der Waals surface area contributed by atoms with Gasteiger partial charge in [-0.3, -0.25) is 9.59 Å². The lowest BCUT2D eigenvalue weighted by molar-refractivity contribution is -0.139. The number of piperazine rings is 1. The Hall–Kier alpha value is -2.08. The van der Waals surface area contributed by atoms with Crippen LogP contribution in [0.15, 0.2) is 24.3 Å². The normalized spacial score (nSPS) is 19.7. The van der Waals surface area contributed by atoms with Crippen molar-refractivity contribution < 1.29 is 14.3 Å². The van der Waals surface area contributed by atoms with Crippen LogP contribution in [0.5, 0.6) is 5.75 Å². The van der Waals surface area contributed by atoms with Gasteiger partial charge in [-0.15, -0.1) is 0 Å². The molecule has 0 bridgehead atoms. The SMILES string of the molecule is COc1cccc(C[C@H](NC(C)=O)C(=O)N2CCN(C)C[C@H]2C)c1. The minimum atomic E-state index is -0.555. The van der Waals surface area contributed by atoms with Gasteiger partial charge in [0, 0.05) is 39.0 Å². The second kappa shape index (κ2) is 8.15. The molecule has 0 radical (unpaired) electrons. The minimum Gasteiger partial charge on any atom is -0.497 e. The Labute approximate surface area is 143 Å². The van der Waals surface area contributed by atoms with E-state index in [1.54, 1.807) is 7.11 Å². The van der Waals surface area contributed by atoms with Crippen molar-refractivity contribution in [2.45, 2.75) is 32.4 Å². The van der Waals surface area contributed by atoms with Crippen molar-refractivity contribution in [3.8, 4) is 5.75 Å². The first-order valence-corrected chi connectivity index (χ1v) is 8.29. The summed E-state index contributed by atoms with van der Waals surface area (Å²) in [6.45, 7) is 5.87. The summed E-state index contributed by atoms with van der Waals surface area (Å²) in [6.07, 6.45) is 0.453. The fourth-order valence-corrected chi connectivity index (χ4v) is 3.15. The minimum absolute atomic E-state index is 0.0198. The summed E-state index contributed by atoms with van der Waals surface area (Å²) in [6, 6.07) is 7.18. The Morgan fingerprint density at radius 3 is 2.75 bits per heavy atom. The summed E-state index contributed by atoms with van der Waals surface area (Å²) in [5.41, 5.74) is 0.961. The highest BCUT2D eigenvalue weighted by molar-refractivity contribution is 5.87. The van der Waals surface area contributed by atoms with Crippen molar-refractivity contribution in [2.24, 2.45) is 0 Å². The van der Waals surface area contributed by atoms with Gasteiger partial charge in [0.2, 0.25) is 11.8 Å². The van der Waals surface area contributed by atoms with Crippen molar-refractivity contribution >= 4 is 11.8 Å². The summed E-state index contributed by atoms with van der Waals surface area (Å²) in [7, 11) is 3.67. The maximum Gasteiger partial charge on any atom is 0.245 e. The summed E-state index contributed by atoms with van der Waals surface area (Å²) in [5.74, 6) is 0.529. The van der Waals surface area contributed by atoms with Crippen LogP contribution < -0.4 is 10.1 Å². The Bertz CT molecular complexity index is 591. The third-order valence-electron chi connectivity index (χ3n) is 4.36. The topological polar surface area (TPSA) is 61.9 Å². The standard InChI is InChI=1S/C18H27N3O3/c1-13-12-20(3)8-9-21(13)18(23)17(19-14(2)22)11-15-6-5-7-16(10-15)24-4/h5-7,10,13,17H,8-9,11-12H2,1-4H3,(H,19,22)/t13-,17+/m1/s1. The molecule has 1 fully saturated rings. The zero-order valence-corrected chi connectivity index (χ0v) is 14.9. The first-order valence-electron chi connectivity index (χ1n) is 8.29. The highest BCUT2D eigenvalue weighted by atomic mass is 16.5. The van der Waals surface area contributed by atoms with Crippen molar-refractivity contribution in [2.75, 3.05) is 33.8 Å². The summed E-state index contributed by atoms with van der Waals surface area (Å²) < 4.78 is 5.23. The predicted octanol–water partition coefficient (Wildman–Crippen LogP) is 0.905. The summed E-state index contributed by atoms with van der Waals surface area (Å²) in [5, 5.41) is 2.81. The molecule has 1 heterocycles. The van der Waals surface area contributed by atoms with E-state index >= 15 is 0 Å². The van der Waals surface area contributed by atoms with Crippen molar-refractivity contribution in [3.05, 3.63) is 29.8 Å². The van der Waals surface area contributed by atoms with E-state index in [1.807, 2.05) is 36.1 Å². The number of carbonyl (C=O) groups excluding carboxylic acids is 2. The van der Waals surface area contributed by atoms with Crippen molar-refractivity contribution in [3.63, 3.8) is 0 Å². The molecule has 1 aromatic carbocycles. The van der Waals surface area contributed by atoms with E-state index in [0.717, 1.165) is 24.4 Å². The van der Waals surface area contributed by atoms with Gasteiger partial charge >= 0.3 is 0 Å². The van der Waals surface area contributed by atoms with E-state index in [1.165, 1.54) is 6.92 Å². The first-order chi connectivity index (χ1) is 11.4. The molecule has 2 amide bonds. The number of methoxy groups -OCH3 is 1. The fourth-order valence-electron chi connectivity index (χ4n) is 3.15. The van der Waals surface area contributed by atoms with E-state index < -0.39 is 6.04 Å². The lowest BCUT2D eigenvalue weighted by Crippen LogP contribution is -2.58. The number of amides is 2. The number of likely N-dealkylation sites (N-methyl/N-ethyl adjacent to an activating group) is 1. The van der Waals surface area contributed by atoms with Crippen molar-refractivity contribution in [1.82, 2.24) is 15.1 Å². The molecular formula is C18H27N3O3. The maximum atomic E-state index is 13.0. The number of hydrogen-bond acceptors (Lipinski definition) is 4. The molecule has 1 aliphatic rings. The lowest BCUT2D eigenvalue weighted by atomic mass is 10.0. The van der Waals surface area contributed by atoms with E-state index in [4.69, 9.17) is 4.74 Å². The van der Waals surface area contributed by atoms with Crippen LogP contribution in [0.4, 0.5) is 0 Å². The molecule has 6 nitrogen and oxygen atoms in total. The van der Waals surface area contributed by atoms with E-state index in [2.05, 4.69) is 17.3 Å². The monoisotopic (exact) mass is 333 g/mol. The van der Waals surface area contributed by atoms with Gasteiger partial charge < -0.3 is 19.9 Å². The Kier molecular flexibility index (Phi) is 6.20. The number of hydrogen-bond donors (Lipinski definition) is 1. The number of nitrogens with zero attached hydrogens (tertiary/aromatic N) is 2. The third kappa shape index (κ3) is 4.71. The fraction of sp³-hybridized carbons (Fsp3) is 0.556. The number of ether oxygens (including phenoxy) is 1. The van der Waals surface area contributed by atoms with Crippen LogP contribution in [-0.2, 0) is 16.0 Å². The van der Waals surface area contributed by atoms with Gasteiger partial charge in [-0.2, -0.15) is 0 Å². The molecule has 2 rings (SSSR count). The summed E-state index contributed by atoms with van der Waals surface area (Å²) >= 11 is 0. The Balaban J connectivity index is 2.14. The molecule has 24 heavy (non-hydrogen) atoms. The second-order valence-corrected chi connectivity index (χ2v) is 6.45. The molecular weight excluding hydrogens is 306 g/mol. The highest BCUT2D eigenvalue weighted by Gasteiger charge is 2.31. The highest BCUT2D eigenvalue weighted by Crippen LogP contribution is 2.16. The second-order valence-electron chi connectivity index (χ2n) is 6.45. The van der Waals surface area contributed by atoms with Crippen molar-refractivity contribution in [1.29, 1.82) is 0 Å². The third-order valence-corrected chi connectivity index (χ3v) is 4.36. The van der Waals surface area contributed by atoms with Gasteiger partial charge in [0.05, 0.1) is 7.11 Å². The smallest absolute Gasteiger partial charge is 0.245 e. The molecule has 1 aliphatic heterocycles. The molecule has 0 spiro atoms. The summed E-state index contributed by atoms with van der Waals surface area (Å²) in [4.78, 5) is 28.6. The Morgan fingerprint density at radius 2 is 2.12 bits per heavy atom. The Morgan fingerprint density at radius 1 is 1.38 bits per heavy atom. The molecule has 0 unspecified atom stereocenters. The maximum absolute atomic E-state index is 13.0. The average Bonchev–Trinajstić information content (AvgIpc) is 2.53. The molecule has 2 atom stereocenters. The van der Waals surface area contributed by atoms with Crippen LogP contribution in [0.1, 0.15) is 19.4 Å². The molecule has 132 valence electrons. The molecule has 1 saturated heterocycles. The number of nitrogens with one attached hydrogen (secondary N) is 1. The van der Waals surface area contributed by atoms with Gasteiger partial charge in [0.15, 0.2) is 0 Å². The molecule has 0 saturated carbocycles. The van der Waals surface area contributed by atoms with Crippen LogP contribution >= 0.6 is 0 Å². The molecule has 1 N–H and O–H groups in total. The predicted molar refractivity (Wildman–Crippen MR) is 93.0 cm³/mol. The van der Waals surface area contributed by atoms with Crippen LogP contribution in [0, 0.1) is 0 Å². The van der Waals surface area contributed by atoms with Crippen LogP contribution in [0.25, 0.3) is 0 Å². The quantitative estimate of drug-likeness (QED) is 0.870.